The normalized spacial score (nSPS) is 19.4. The number of halogens is 2. The number of amides is 2. The number of anilines is 1. The first kappa shape index (κ1) is 21.6. The van der Waals surface area contributed by atoms with Gasteiger partial charge in [-0.1, -0.05) is 18.2 Å². The lowest BCUT2D eigenvalue weighted by Crippen LogP contribution is -2.38. The minimum atomic E-state index is -3.10. The third-order valence-electron chi connectivity index (χ3n) is 5.77. The zero-order chi connectivity index (χ0) is 22.9. The number of ketones is 1. The molecule has 0 N–H and O–H groups in total. The molecule has 1 aromatic heterocycles. The lowest BCUT2D eigenvalue weighted by Gasteiger charge is -2.29. The van der Waals surface area contributed by atoms with E-state index in [0.717, 1.165) is 10.5 Å². The van der Waals surface area contributed by atoms with Crippen molar-refractivity contribution in [2.75, 3.05) is 18.0 Å². The number of pyridine rings is 1. The van der Waals surface area contributed by atoms with E-state index in [1.165, 1.54) is 23.4 Å². The smallest absolute Gasteiger partial charge is 0.306 e. The molecule has 1 atom stereocenters. The minimum absolute atomic E-state index is 0.221. The molecular weight excluding hydrogens is 418 g/mol. The van der Waals surface area contributed by atoms with Crippen LogP contribution in [-0.2, 0) is 11.2 Å². The first-order chi connectivity index (χ1) is 15.3. The zero-order valence-corrected chi connectivity index (χ0v) is 17.1. The summed E-state index contributed by atoms with van der Waals surface area (Å²) in [5.74, 6) is -4.38. The summed E-state index contributed by atoms with van der Waals surface area (Å²) in [6.45, 7) is 6.63. The number of aromatic nitrogens is 1. The second-order valence-corrected chi connectivity index (χ2v) is 7.87. The highest BCUT2D eigenvalue weighted by molar-refractivity contribution is 6.12. The first-order valence-corrected chi connectivity index (χ1v) is 10.2. The molecule has 164 valence electrons. The predicted octanol–water partition coefficient (Wildman–Crippen LogP) is 3.36. The fraction of sp³-hybridized carbons (Fsp3) is 0.348. The van der Waals surface area contributed by atoms with Gasteiger partial charge < -0.3 is 4.90 Å². The number of alkyl halides is 2. The molecule has 0 spiro atoms. The Kier molecular flexibility index (Phi) is 5.70. The summed E-state index contributed by atoms with van der Waals surface area (Å²) in [6, 6.07) is 8.76. The second-order valence-electron chi connectivity index (χ2n) is 7.87. The number of Topliss-reactive ketones (excluding diaryl/α,β-unsaturated/α-hetero) is 1. The Bertz CT molecular complexity index is 1130. The van der Waals surface area contributed by atoms with Gasteiger partial charge in [-0.25, -0.2) is 15.4 Å². The molecule has 1 saturated heterocycles. The van der Waals surface area contributed by atoms with Crippen molar-refractivity contribution in [2.24, 2.45) is 0 Å². The number of likely N-dealkylation sites (tertiary alicyclic amines) is 1. The van der Waals surface area contributed by atoms with Crippen LogP contribution in [0.15, 0.2) is 42.7 Å². The van der Waals surface area contributed by atoms with Gasteiger partial charge in [0.2, 0.25) is 5.91 Å². The van der Waals surface area contributed by atoms with E-state index in [4.69, 9.17) is 6.57 Å². The summed E-state index contributed by atoms with van der Waals surface area (Å²) < 4.78 is 27.2. The van der Waals surface area contributed by atoms with E-state index in [1.807, 2.05) is 12.1 Å². The molecule has 2 amide bonds. The summed E-state index contributed by atoms with van der Waals surface area (Å²) in [5.41, 5.74) is 2.11. The zero-order valence-electron chi connectivity index (χ0n) is 17.1. The van der Waals surface area contributed by atoms with Crippen molar-refractivity contribution >= 4 is 23.3 Å². The van der Waals surface area contributed by atoms with Crippen LogP contribution in [0.25, 0.3) is 4.85 Å². The number of benzene rings is 1. The van der Waals surface area contributed by atoms with Crippen molar-refractivity contribution in [3.05, 3.63) is 70.8 Å². The van der Waals surface area contributed by atoms with E-state index in [2.05, 4.69) is 9.83 Å². The summed E-state index contributed by atoms with van der Waals surface area (Å²) >= 11 is 0. The summed E-state index contributed by atoms with van der Waals surface area (Å²) in [5, 5.41) is 0. The Balaban J connectivity index is 1.49. The highest BCUT2D eigenvalue weighted by atomic mass is 19.3. The molecule has 2 aliphatic heterocycles. The van der Waals surface area contributed by atoms with Crippen LogP contribution in [0.2, 0.25) is 0 Å². The molecule has 1 aromatic carbocycles. The van der Waals surface area contributed by atoms with Crippen molar-refractivity contribution in [2.45, 2.75) is 37.8 Å². The molecule has 3 heterocycles. The lowest BCUT2D eigenvalue weighted by atomic mass is 9.97. The summed E-state index contributed by atoms with van der Waals surface area (Å²) in [6.07, 6.45) is 1.08. The quantitative estimate of drug-likeness (QED) is 0.530. The van der Waals surface area contributed by atoms with Crippen LogP contribution in [0.4, 0.5) is 14.5 Å². The number of rotatable bonds is 5. The maximum Gasteiger partial charge on any atom is 0.306 e. The molecule has 0 bridgehead atoms. The molecule has 9 heteroatoms. The molecule has 2 aliphatic rings. The molecule has 1 fully saturated rings. The van der Waals surface area contributed by atoms with Gasteiger partial charge in [-0.05, 0) is 24.1 Å². The largest absolute Gasteiger partial charge is 0.306 e. The molecule has 2 aromatic rings. The van der Waals surface area contributed by atoms with Crippen molar-refractivity contribution < 1.29 is 23.2 Å². The van der Waals surface area contributed by atoms with Gasteiger partial charge in [0.05, 0.1) is 18.4 Å². The van der Waals surface area contributed by atoms with E-state index < -0.39 is 36.7 Å². The third-order valence-corrected chi connectivity index (χ3v) is 5.77. The number of hydrogen-bond donors (Lipinski definition) is 0. The van der Waals surface area contributed by atoms with Gasteiger partial charge >= 0.3 is 6.17 Å². The van der Waals surface area contributed by atoms with Crippen LogP contribution in [0.5, 0.6) is 0 Å². The fourth-order valence-electron chi connectivity index (χ4n) is 4.16. The molecule has 0 aliphatic carbocycles. The average molecular weight is 438 g/mol. The van der Waals surface area contributed by atoms with Gasteiger partial charge in [0.1, 0.15) is 6.42 Å². The minimum Gasteiger partial charge on any atom is -0.306 e. The molecule has 32 heavy (non-hydrogen) atoms. The van der Waals surface area contributed by atoms with Gasteiger partial charge in [-0.2, -0.15) is 0 Å². The highest BCUT2D eigenvalue weighted by Gasteiger charge is 2.50. The first-order valence-electron chi connectivity index (χ1n) is 10.2. The summed E-state index contributed by atoms with van der Waals surface area (Å²) in [7, 11) is 0. The van der Waals surface area contributed by atoms with Gasteiger partial charge in [0.15, 0.2) is 5.78 Å². The van der Waals surface area contributed by atoms with Crippen LogP contribution in [-0.4, -0.2) is 52.7 Å². The molecule has 0 radical (unpaired) electrons. The molecule has 7 nitrogen and oxygen atoms in total. The fourth-order valence-corrected chi connectivity index (χ4v) is 4.16. The lowest BCUT2D eigenvalue weighted by molar-refractivity contribution is -0.132. The van der Waals surface area contributed by atoms with Crippen molar-refractivity contribution in [1.29, 1.82) is 0 Å². The SMILES string of the molecule is [C-]#[N+][C@@H]1CC(F)(F)CN1C(=O)CCC(=O)c1ccncc1N1CCc2ccccc2C1=O. The molecule has 0 saturated carbocycles. The highest BCUT2D eigenvalue weighted by Crippen LogP contribution is 2.33. The monoisotopic (exact) mass is 438 g/mol. The maximum atomic E-state index is 13.6. The van der Waals surface area contributed by atoms with Gasteiger partial charge in [0, 0.05) is 36.7 Å². The Morgan fingerprint density at radius 2 is 2.00 bits per heavy atom. The number of carbonyl (C=O) groups is 3. The average Bonchev–Trinajstić information content (AvgIpc) is 3.12. The van der Waals surface area contributed by atoms with Crippen LogP contribution in [0, 0.1) is 6.57 Å². The number of hydrogen-bond acceptors (Lipinski definition) is 4. The van der Waals surface area contributed by atoms with Crippen LogP contribution < -0.4 is 4.90 Å². The number of nitrogens with zero attached hydrogens (tertiary/aromatic N) is 4. The van der Waals surface area contributed by atoms with Crippen LogP contribution in [0.1, 0.15) is 45.5 Å². The van der Waals surface area contributed by atoms with Gasteiger partial charge in [-0.15, -0.1) is 0 Å². The van der Waals surface area contributed by atoms with Crippen molar-refractivity contribution in [3.63, 3.8) is 0 Å². The standard InChI is InChI=1S/C23H20F2N4O3/c1-26-20-12-23(24,25)14-29(20)21(31)7-6-19(30)17-8-10-27-13-18(17)28-11-9-15-4-2-3-5-16(15)22(28)32/h2-5,8,10,13,20H,6-7,9,11-12,14H2/t20-/m0/s1. The van der Waals surface area contributed by atoms with E-state index in [0.29, 0.717) is 24.2 Å². The number of fused-ring (bicyclic) bond motifs is 1. The van der Waals surface area contributed by atoms with E-state index in [-0.39, 0.29) is 24.3 Å². The van der Waals surface area contributed by atoms with Gasteiger partial charge in [0.25, 0.3) is 11.8 Å². The predicted molar refractivity (Wildman–Crippen MR) is 111 cm³/mol. The topological polar surface area (TPSA) is 74.9 Å². The van der Waals surface area contributed by atoms with Crippen molar-refractivity contribution in [1.82, 2.24) is 9.88 Å². The Morgan fingerprint density at radius 3 is 2.78 bits per heavy atom. The summed E-state index contributed by atoms with van der Waals surface area (Å²) in [4.78, 5) is 47.8. The Hall–Kier alpha value is -3.67. The molecule has 0 unspecified atom stereocenters. The Morgan fingerprint density at radius 1 is 1.22 bits per heavy atom. The number of carbonyl (C=O) groups excluding carboxylic acids is 3. The third kappa shape index (κ3) is 4.08. The molecule has 4 rings (SSSR count). The van der Waals surface area contributed by atoms with Gasteiger partial charge in [-0.3, -0.25) is 29.1 Å². The maximum absolute atomic E-state index is 13.6. The van der Waals surface area contributed by atoms with E-state index in [9.17, 15) is 23.2 Å². The van der Waals surface area contributed by atoms with Crippen molar-refractivity contribution in [3.8, 4) is 0 Å². The van der Waals surface area contributed by atoms with E-state index in [1.54, 1.807) is 12.1 Å². The van der Waals surface area contributed by atoms with E-state index >= 15 is 0 Å². The second kappa shape index (κ2) is 8.46. The Labute approximate surface area is 183 Å². The van der Waals surface area contributed by atoms with Crippen LogP contribution >= 0.6 is 0 Å². The van der Waals surface area contributed by atoms with Crippen LogP contribution in [0.3, 0.4) is 0 Å². The molecular formula is C23H20F2N4O3.